The summed E-state index contributed by atoms with van der Waals surface area (Å²) >= 11 is 0. The van der Waals surface area contributed by atoms with Gasteiger partial charge in [0.05, 0.1) is 0 Å². The summed E-state index contributed by atoms with van der Waals surface area (Å²) in [5.41, 5.74) is 1.60. The molecule has 0 amide bonds. The standard InChI is InChI=1S/C4H11FN2/c1-4(7-5)3-6-2/h4,6-7H,3H2,1-2H3/t4-/m0/s1. The smallest absolute Gasteiger partial charge is 0.0468 e. The van der Waals surface area contributed by atoms with Crippen LogP contribution in [0.3, 0.4) is 0 Å². The van der Waals surface area contributed by atoms with E-state index in [-0.39, 0.29) is 6.04 Å². The lowest BCUT2D eigenvalue weighted by molar-refractivity contribution is 0.279. The summed E-state index contributed by atoms with van der Waals surface area (Å²) in [6, 6.07) is -0.0787. The number of hydrogen-bond donors (Lipinski definition) is 2. The van der Waals surface area contributed by atoms with Crippen molar-refractivity contribution < 1.29 is 4.48 Å². The predicted octanol–water partition coefficient (Wildman–Crippen LogP) is 0.0684. The average Bonchev–Trinajstić information content (AvgIpc) is 1.68. The van der Waals surface area contributed by atoms with Crippen LogP contribution in [0, 0.1) is 0 Å². The van der Waals surface area contributed by atoms with Gasteiger partial charge in [0.15, 0.2) is 0 Å². The SMILES string of the molecule is CNC[C@H](C)NF. The molecule has 0 radical (unpaired) electrons. The van der Waals surface area contributed by atoms with Gasteiger partial charge < -0.3 is 5.32 Å². The van der Waals surface area contributed by atoms with Gasteiger partial charge in [-0.2, -0.15) is 5.54 Å². The molecule has 0 unspecified atom stereocenters. The minimum Gasteiger partial charge on any atom is -0.318 e. The lowest BCUT2D eigenvalue weighted by Gasteiger charge is -2.03. The van der Waals surface area contributed by atoms with E-state index < -0.39 is 0 Å². The van der Waals surface area contributed by atoms with Crippen LogP contribution in [-0.2, 0) is 0 Å². The Hall–Kier alpha value is -0.150. The van der Waals surface area contributed by atoms with Crippen LogP contribution in [0.2, 0.25) is 0 Å². The highest BCUT2D eigenvalue weighted by molar-refractivity contribution is 4.53. The Labute approximate surface area is 43.0 Å². The Morgan fingerprint density at radius 1 is 1.71 bits per heavy atom. The highest BCUT2D eigenvalue weighted by atomic mass is 19.2. The van der Waals surface area contributed by atoms with Gasteiger partial charge >= 0.3 is 0 Å². The molecule has 44 valence electrons. The van der Waals surface area contributed by atoms with E-state index in [2.05, 4.69) is 5.32 Å². The van der Waals surface area contributed by atoms with Crippen LogP contribution in [0.4, 0.5) is 4.48 Å². The van der Waals surface area contributed by atoms with Crippen molar-refractivity contribution in [3.05, 3.63) is 0 Å². The molecule has 0 aliphatic rings. The minimum atomic E-state index is -0.0787. The lowest BCUT2D eigenvalue weighted by atomic mass is 10.4. The van der Waals surface area contributed by atoms with E-state index in [4.69, 9.17) is 0 Å². The van der Waals surface area contributed by atoms with Gasteiger partial charge in [-0.05, 0) is 14.0 Å². The minimum absolute atomic E-state index is 0.0787. The zero-order chi connectivity index (χ0) is 5.70. The molecule has 2 N–H and O–H groups in total. The van der Waals surface area contributed by atoms with Gasteiger partial charge in [-0.15, -0.1) is 4.48 Å². The van der Waals surface area contributed by atoms with Crippen molar-refractivity contribution in [3.63, 3.8) is 0 Å². The Balaban J connectivity index is 2.83. The second-order valence-corrected chi connectivity index (χ2v) is 1.57. The first-order valence-electron chi connectivity index (χ1n) is 2.32. The lowest BCUT2D eigenvalue weighted by Crippen LogP contribution is -2.29. The fourth-order valence-electron chi connectivity index (χ4n) is 0.345. The van der Waals surface area contributed by atoms with Crippen molar-refractivity contribution in [1.82, 2.24) is 10.9 Å². The molecule has 0 rings (SSSR count). The van der Waals surface area contributed by atoms with E-state index in [0.29, 0.717) is 6.54 Å². The van der Waals surface area contributed by atoms with E-state index in [1.54, 1.807) is 19.5 Å². The van der Waals surface area contributed by atoms with Crippen LogP contribution >= 0.6 is 0 Å². The van der Waals surface area contributed by atoms with Gasteiger partial charge in [0.2, 0.25) is 0 Å². The summed E-state index contributed by atoms with van der Waals surface area (Å²) in [6.45, 7) is 2.42. The van der Waals surface area contributed by atoms with Crippen LogP contribution in [0.25, 0.3) is 0 Å². The van der Waals surface area contributed by atoms with Crippen LogP contribution in [-0.4, -0.2) is 19.6 Å². The average molecular weight is 106 g/mol. The fraction of sp³-hybridized carbons (Fsp3) is 1.00. The molecule has 0 aliphatic heterocycles. The summed E-state index contributed by atoms with van der Waals surface area (Å²) in [7, 11) is 1.79. The van der Waals surface area contributed by atoms with Crippen molar-refractivity contribution in [3.8, 4) is 0 Å². The van der Waals surface area contributed by atoms with E-state index >= 15 is 0 Å². The molecule has 1 atom stereocenters. The Morgan fingerprint density at radius 2 is 2.29 bits per heavy atom. The third-order valence-electron chi connectivity index (χ3n) is 0.697. The molecule has 3 heteroatoms. The van der Waals surface area contributed by atoms with Crippen LogP contribution < -0.4 is 10.9 Å². The molecule has 0 aromatic heterocycles. The maximum atomic E-state index is 11.3. The van der Waals surface area contributed by atoms with E-state index in [1.165, 1.54) is 0 Å². The zero-order valence-corrected chi connectivity index (χ0v) is 4.66. The number of halogens is 1. The zero-order valence-electron chi connectivity index (χ0n) is 4.66. The van der Waals surface area contributed by atoms with Crippen molar-refractivity contribution in [1.29, 1.82) is 0 Å². The van der Waals surface area contributed by atoms with Gasteiger partial charge in [0, 0.05) is 12.6 Å². The maximum absolute atomic E-state index is 11.3. The van der Waals surface area contributed by atoms with E-state index in [0.717, 1.165) is 0 Å². The molecular weight excluding hydrogens is 95.1 g/mol. The molecule has 0 fully saturated rings. The quantitative estimate of drug-likeness (QED) is 0.497. The molecular formula is C4H11FN2. The molecule has 0 saturated heterocycles. The van der Waals surface area contributed by atoms with E-state index in [9.17, 15) is 4.48 Å². The molecule has 0 bridgehead atoms. The maximum Gasteiger partial charge on any atom is 0.0468 e. The Kier molecular flexibility index (Phi) is 3.93. The van der Waals surface area contributed by atoms with Gasteiger partial charge in [0.25, 0.3) is 0 Å². The number of hydrogen-bond acceptors (Lipinski definition) is 2. The van der Waals surface area contributed by atoms with Crippen molar-refractivity contribution in [2.24, 2.45) is 0 Å². The Bertz CT molecular complexity index is 40.7. The normalized spacial score (nSPS) is 14.1. The van der Waals surface area contributed by atoms with Crippen molar-refractivity contribution in [2.45, 2.75) is 13.0 Å². The van der Waals surface area contributed by atoms with Gasteiger partial charge in [-0.3, -0.25) is 0 Å². The van der Waals surface area contributed by atoms with Crippen molar-refractivity contribution >= 4 is 0 Å². The molecule has 2 nitrogen and oxygen atoms in total. The number of nitrogens with one attached hydrogen (secondary N) is 2. The molecule has 0 spiro atoms. The first-order chi connectivity index (χ1) is 3.31. The molecule has 7 heavy (non-hydrogen) atoms. The van der Waals surface area contributed by atoms with E-state index in [1.807, 2.05) is 0 Å². The highest BCUT2D eigenvalue weighted by Gasteiger charge is 1.93. The monoisotopic (exact) mass is 106 g/mol. The molecule has 0 heterocycles. The van der Waals surface area contributed by atoms with Crippen molar-refractivity contribution in [2.75, 3.05) is 13.6 Å². The second kappa shape index (κ2) is 4.02. The third kappa shape index (κ3) is 3.69. The summed E-state index contributed by atoms with van der Waals surface area (Å²) in [4.78, 5) is 0. The molecule has 0 aromatic rings. The predicted molar refractivity (Wildman–Crippen MR) is 27.6 cm³/mol. The van der Waals surface area contributed by atoms with Crippen LogP contribution in [0.15, 0.2) is 0 Å². The number of rotatable bonds is 3. The summed E-state index contributed by atoms with van der Waals surface area (Å²) in [5, 5.41) is 2.82. The Morgan fingerprint density at radius 3 is 2.43 bits per heavy atom. The summed E-state index contributed by atoms with van der Waals surface area (Å²) < 4.78 is 11.3. The molecule has 0 saturated carbocycles. The summed E-state index contributed by atoms with van der Waals surface area (Å²) in [5.74, 6) is 0. The summed E-state index contributed by atoms with van der Waals surface area (Å²) in [6.07, 6.45) is 0. The molecule has 0 aliphatic carbocycles. The highest BCUT2D eigenvalue weighted by Crippen LogP contribution is 1.73. The second-order valence-electron chi connectivity index (χ2n) is 1.57. The van der Waals surface area contributed by atoms with Gasteiger partial charge in [-0.1, -0.05) is 0 Å². The fourth-order valence-corrected chi connectivity index (χ4v) is 0.345. The first kappa shape index (κ1) is 6.85. The third-order valence-corrected chi connectivity index (χ3v) is 0.697. The first-order valence-corrected chi connectivity index (χ1v) is 2.32. The van der Waals surface area contributed by atoms with Gasteiger partial charge in [0.1, 0.15) is 0 Å². The van der Waals surface area contributed by atoms with Crippen LogP contribution in [0.5, 0.6) is 0 Å². The largest absolute Gasteiger partial charge is 0.318 e. The van der Waals surface area contributed by atoms with Crippen LogP contribution in [0.1, 0.15) is 6.92 Å². The topological polar surface area (TPSA) is 24.1 Å². The van der Waals surface area contributed by atoms with Gasteiger partial charge in [-0.25, -0.2) is 0 Å². The molecule has 0 aromatic carbocycles. The number of likely N-dealkylation sites (N-methyl/N-ethyl adjacent to an activating group) is 1.